The van der Waals surface area contributed by atoms with Gasteiger partial charge in [-0.3, -0.25) is 0 Å². The minimum absolute atomic E-state index is 0.160. The van der Waals surface area contributed by atoms with E-state index >= 15 is 0 Å². The van der Waals surface area contributed by atoms with Crippen molar-refractivity contribution in [3.05, 3.63) is 42.0 Å². The minimum atomic E-state index is -0.340. The summed E-state index contributed by atoms with van der Waals surface area (Å²) in [7, 11) is 1.37. The summed E-state index contributed by atoms with van der Waals surface area (Å²) in [5, 5.41) is 1.95. The Morgan fingerprint density at radius 1 is 1.17 bits per heavy atom. The molecular weight excluding hydrogens is 296 g/mol. The molecule has 1 aliphatic heterocycles. The molecule has 1 aliphatic rings. The maximum absolute atomic E-state index is 11.5. The summed E-state index contributed by atoms with van der Waals surface area (Å²) in [5.41, 5.74) is 0.534. The van der Waals surface area contributed by atoms with Gasteiger partial charge in [0, 0.05) is 6.61 Å². The molecule has 0 spiro atoms. The van der Waals surface area contributed by atoms with Crippen LogP contribution in [0.2, 0.25) is 0 Å². The molecule has 0 saturated carbocycles. The highest BCUT2D eigenvalue weighted by atomic mass is 16.7. The van der Waals surface area contributed by atoms with Crippen LogP contribution in [0.25, 0.3) is 10.8 Å². The van der Waals surface area contributed by atoms with Crippen molar-refractivity contribution in [2.24, 2.45) is 0 Å². The largest absolute Gasteiger partial charge is 0.467 e. The molecular formula is C18H20O5. The molecule has 5 nitrogen and oxygen atoms in total. The topological polar surface area (TPSA) is 54.0 Å². The Bertz CT molecular complexity index is 676. The van der Waals surface area contributed by atoms with Gasteiger partial charge in [0.25, 0.3) is 0 Å². The van der Waals surface area contributed by atoms with Gasteiger partial charge in [0.05, 0.1) is 12.7 Å². The molecule has 1 fully saturated rings. The number of hydrogen-bond donors (Lipinski definition) is 0. The van der Waals surface area contributed by atoms with E-state index in [0.717, 1.165) is 42.4 Å². The van der Waals surface area contributed by atoms with Crippen molar-refractivity contribution in [2.75, 3.05) is 20.5 Å². The van der Waals surface area contributed by atoms with E-state index in [-0.39, 0.29) is 19.1 Å². The molecule has 0 bridgehead atoms. The van der Waals surface area contributed by atoms with E-state index < -0.39 is 0 Å². The molecule has 0 aromatic heterocycles. The number of ether oxygens (including phenoxy) is 4. The van der Waals surface area contributed by atoms with Gasteiger partial charge in [0.2, 0.25) is 0 Å². The fourth-order valence-electron chi connectivity index (χ4n) is 2.58. The van der Waals surface area contributed by atoms with Crippen LogP contribution < -0.4 is 4.74 Å². The molecule has 3 rings (SSSR count). The first-order chi connectivity index (χ1) is 11.3. The number of rotatable bonds is 5. The quantitative estimate of drug-likeness (QED) is 0.624. The second-order valence-electron chi connectivity index (χ2n) is 5.44. The molecule has 122 valence electrons. The normalized spacial score (nSPS) is 17.9. The van der Waals surface area contributed by atoms with Crippen LogP contribution in [0.3, 0.4) is 0 Å². The van der Waals surface area contributed by atoms with Gasteiger partial charge in [0.15, 0.2) is 13.1 Å². The molecule has 23 heavy (non-hydrogen) atoms. The van der Waals surface area contributed by atoms with Gasteiger partial charge in [-0.2, -0.15) is 0 Å². The van der Waals surface area contributed by atoms with Gasteiger partial charge >= 0.3 is 5.97 Å². The molecule has 1 saturated heterocycles. The summed E-state index contributed by atoms with van der Waals surface area (Å²) in [6, 6.07) is 11.1. The standard InChI is InChI=1S/C18H20O5/c1-20-18(19)15-6-5-14-11-16(8-7-13(14)10-15)22-12-23-17-4-2-3-9-21-17/h5-8,10-11,17H,2-4,9,12H2,1H3. The molecule has 2 aromatic rings. The van der Waals surface area contributed by atoms with Crippen molar-refractivity contribution in [3.8, 4) is 5.75 Å². The van der Waals surface area contributed by atoms with E-state index in [1.54, 1.807) is 12.1 Å². The number of carbonyl (C=O) groups excluding carboxylic acids is 1. The molecule has 0 amide bonds. The van der Waals surface area contributed by atoms with Crippen molar-refractivity contribution in [2.45, 2.75) is 25.6 Å². The van der Waals surface area contributed by atoms with E-state index in [4.69, 9.17) is 18.9 Å². The Balaban J connectivity index is 1.62. The van der Waals surface area contributed by atoms with Gasteiger partial charge in [-0.25, -0.2) is 4.79 Å². The molecule has 0 aliphatic carbocycles. The zero-order valence-electron chi connectivity index (χ0n) is 13.1. The zero-order chi connectivity index (χ0) is 16.1. The molecule has 5 heteroatoms. The predicted octanol–water partition coefficient (Wildman–Crippen LogP) is 3.51. The summed E-state index contributed by atoms with van der Waals surface area (Å²) in [5.74, 6) is 0.382. The van der Waals surface area contributed by atoms with E-state index in [1.807, 2.05) is 24.3 Å². The molecule has 0 radical (unpaired) electrons. The van der Waals surface area contributed by atoms with Crippen LogP contribution in [-0.4, -0.2) is 32.8 Å². The Labute approximate surface area is 135 Å². The Morgan fingerprint density at radius 2 is 2.00 bits per heavy atom. The average molecular weight is 316 g/mol. The molecule has 1 heterocycles. The lowest BCUT2D eigenvalue weighted by atomic mass is 10.1. The van der Waals surface area contributed by atoms with E-state index in [0.29, 0.717) is 5.56 Å². The van der Waals surface area contributed by atoms with Crippen LogP contribution in [0.1, 0.15) is 29.6 Å². The molecule has 0 N–H and O–H groups in total. The fourth-order valence-corrected chi connectivity index (χ4v) is 2.58. The lowest BCUT2D eigenvalue weighted by molar-refractivity contribution is -0.190. The molecule has 2 aromatic carbocycles. The number of carbonyl (C=O) groups is 1. The summed E-state index contributed by atoms with van der Waals surface area (Å²) < 4.78 is 21.4. The van der Waals surface area contributed by atoms with Crippen LogP contribution in [0.5, 0.6) is 5.75 Å². The van der Waals surface area contributed by atoms with Crippen LogP contribution in [0, 0.1) is 0 Å². The minimum Gasteiger partial charge on any atom is -0.467 e. The number of hydrogen-bond acceptors (Lipinski definition) is 5. The number of benzene rings is 2. The third kappa shape index (κ3) is 4.00. The summed E-state index contributed by atoms with van der Waals surface area (Å²) in [4.78, 5) is 11.5. The zero-order valence-corrected chi connectivity index (χ0v) is 13.1. The van der Waals surface area contributed by atoms with Crippen molar-refractivity contribution in [1.29, 1.82) is 0 Å². The third-order valence-corrected chi connectivity index (χ3v) is 3.85. The van der Waals surface area contributed by atoms with Gasteiger partial charge in [-0.1, -0.05) is 12.1 Å². The maximum Gasteiger partial charge on any atom is 0.337 e. The number of esters is 1. The van der Waals surface area contributed by atoms with E-state index in [1.165, 1.54) is 7.11 Å². The van der Waals surface area contributed by atoms with Crippen LogP contribution in [0.15, 0.2) is 36.4 Å². The Kier molecular flexibility index (Phi) is 5.10. The second-order valence-corrected chi connectivity index (χ2v) is 5.44. The lowest BCUT2D eigenvalue weighted by Gasteiger charge is -2.22. The van der Waals surface area contributed by atoms with Crippen molar-refractivity contribution < 1.29 is 23.7 Å². The van der Waals surface area contributed by atoms with E-state index in [9.17, 15) is 4.79 Å². The highest BCUT2D eigenvalue weighted by molar-refractivity contribution is 5.95. The SMILES string of the molecule is COC(=O)c1ccc2cc(OCOC3CCCCO3)ccc2c1. The first kappa shape index (κ1) is 15.8. The first-order valence-electron chi connectivity index (χ1n) is 7.74. The number of methoxy groups -OCH3 is 1. The summed E-state index contributed by atoms with van der Waals surface area (Å²) in [6.07, 6.45) is 2.98. The predicted molar refractivity (Wildman–Crippen MR) is 85.5 cm³/mol. The monoisotopic (exact) mass is 316 g/mol. The maximum atomic E-state index is 11.5. The van der Waals surface area contributed by atoms with Crippen LogP contribution >= 0.6 is 0 Å². The van der Waals surface area contributed by atoms with Crippen molar-refractivity contribution in [1.82, 2.24) is 0 Å². The average Bonchev–Trinajstić information content (AvgIpc) is 2.61. The van der Waals surface area contributed by atoms with Crippen molar-refractivity contribution in [3.63, 3.8) is 0 Å². The number of fused-ring (bicyclic) bond motifs is 1. The third-order valence-electron chi connectivity index (χ3n) is 3.85. The lowest BCUT2D eigenvalue weighted by Crippen LogP contribution is -2.24. The van der Waals surface area contributed by atoms with Crippen LogP contribution in [0.4, 0.5) is 0 Å². The van der Waals surface area contributed by atoms with Gasteiger partial charge in [0.1, 0.15) is 5.75 Å². The molecule has 1 atom stereocenters. The highest BCUT2D eigenvalue weighted by Gasteiger charge is 2.14. The first-order valence-corrected chi connectivity index (χ1v) is 7.74. The van der Waals surface area contributed by atoms with Gasteiger partial charge in [-0.05, 0) is 54.3 Å². The second kappa shape index (κ2) is 7.44. The van der Waals surface area contributed by atoms with Crippen LogP contribution in [-0.2, 0) is 14.2 Å². The Morgan fingerprint density at radius 3 is 2.78 bits per heavy atom. The summed E-state index contributed by atoms with van der Waals surface area (Å²) in [6.45, 7) is 0.916. The van der Waals surface area contributed by atoms with Crippen molar-refractivity contribution >= 4 is 16.7 Å². The van der Waals surface area contributed by atoms with Gasteiger partial charge in [-0.15, -0.1) is 0 Å². The summed E-state index contributed by atoms with van der Waals surface area (Å²) >= 11 is 0. The fraction of sp³-hybridized carbons (Fsp3) is 0.389. The highest BCUT2D eigenvalue weighted by Crippen LogP contribution is 2.23. The van der Waals surface area contributed by atoms with E-state index in [2.05, 4.69) is 0 Å². The molecule has 1 unspecified atom stereocenters. The Hall–Kier alpha value is -2.11. The van der Waals surface area contributed by atoms with Gasteiger partial charge < -0.3 is 18.9 Å². The smallest absolute Gasteiger partial charge is 0.337 e.